The van der Waals surface area contributed by atoms with Crippen molar-refractivity contribution in [3.05, 3.63) is 0 Å². The van der Waals surface area contributed by atoms with Crippen molar-refractivity contribution in [2.75, 3.05) is 19.8 Å². The minimum Gasteiger partial charge on any atom is -0.376 e. The summed E-state index contributed by atoms with van der Waals surface area (Å²) in [5, 5.41) is 0. The molecule has 0 bridgehead atoms. The molecule has 0 spiro atoms. The Balaban J connectivity index is 2.02. The number of hydrogen-bond donors (Lipinski definition) is 0. The van der Waals surface area contributed by atoms with Crippen molar-refractivity contribution < 1.29 is 14.3 Å². The zero-order valence-electron chi connectivity index (χ0n) is 9.67. The van der Waals surface area contributed by atoms with Crippen molar-refractivity contribution in [1.82, 2.24) is 0 Å². The Labute approximate surface area is 92.1 Å². The molecule has 0 aromatic rings. The van der Waals surface area contributed by atoms with Gasteiger partial charge in [0.1, 0.15) is 6.10 Å². The zero-order valence-corrected chi connectivity index (χ0v) is 9.67. The standard InChI is InChI=1S/C12H22O3/c1-2-3-4-5-6-7-11(13)12-10-14-8-9-15-12/h12H,2-10H2,1H3. The molecular formula is C12H22O3. The molecule has 3 nitrogen and oxygen atoms in total. The second-order valence-corrected chi connectivity index (χ2v) is 4.06. The van der Waals surface area contributed by atoms with Crippen LogP contribution in [-0.2, 0) is 14.3 Å². The van der Waals surface area contributed by atoms with Crippen LogP contribution in [0.1, 0.15) is 45.4 Å². The second kappa shape index (κ2) is 7.83. The van der Waals surface area contributed by atoms with Crippen LogP contribution in [0.3, 0.4) is 0 Å². The van der Waals surface area contributed by atoms with E-state index in [0.717, 1.165) is 12.8 Å². The number of ether oxygens (including phenoxy) is 2. The van der Waals surface area contributed by atoms with Gasteiger partial charge in [0.15, 0.2) is 5.78 Å². The molecule has 0 aromatic carbocycles. The van der Waals surface area contributed by atoms with Crippen LogP contribution in [0.15, 0.2) is 0 Å². The summed E-state index contributed by atoms with van der Waals surface area (Å²) in [7, 11) is 0. The van der Waals surface area contributed by atoms with E-state index in [0.29, 0.717) is 26.2 Å². The van der Waals surface area contributed by atoms with Gasteiger partial charge < -0.3 is 9.47 Å². The second-order valence-electron chi connectivity index (χ2n) is 4.06. The Hall–Kier alpha value is -0.410. The van der Waals surface area contributed by atoms with E-state index in [1.807, 2.05) is 0 Å². The van der Waals surface area contributed by atoms with Gasteiger partial charge in [-0.25, -0.2) is 0 Å². The van der Waals surface area contributed by atoms with Crippen LogP contribution in [0.25, 0.3) is 0 Å². The first kappa shape index (κ1) is 12.7. The van der Waals surface area contributed by atoms with Gasteiger partial charge in [0.2, 0.25) is 0 Å². The third kappa shape index (κ3) is 5.28. The van der Waals surface area contributed by atoms with E-state index in [1.54, 1.807) is 0 Å². The number of Topliss-reactive ketones (excluding diaryl/α,β-unsaturated/α-hetero) is 1. The highest BCUT2D eigenvalue weighted by atomic mass is 16.6. The van der Waals surface area contributed by atoms with Gasteiger partial charge in [-0.1, -0.05) is 32.6 Å². The molecule has 0 amide bonds. The first-order valence-corrected chi connectivity index (χ1v) is 6.06. The third-order valence-electron chi connectivity index (χ3n) is 2.70. The lowest BCUT2D eigenvalue weighted by Crippen LogP contribution is -2.35. The Morgan fingerprint density at radius 2 is 2.00 bits per heavy atom. The molecule has 0 saturated carbocycles. The molecule has 1 fully saturated rings. The molecular weight excluding hydrogens is 192 g/mol. The van der Waals surface area contributed by atoms with Crippen LogP contribution in [-0.4, -0.2) is 31.7 Å². The maximum absolute atomic E-state index is 11.6. The molecule has 3 heteroatoms. The van der Waals surface area contributed by atoms with Crippen molar-refractivity contribution in [2.24, 2.45) is 0 Å². The number of carbonyl (C=O) groups is 1. The lowest BCUT2D eigenvalue weighted by atomic mass is 10.1. The third-order valence-corrected chi connectivity index (χ3v) is 2.70. The number of carbonyl (C=O) groups excluding carboxylic acids is 1. The van der Waals surface area contributed by atoms with Crippen molar-refractivity contribution in [2.45, 2.75) is 51.6 Å². The van der Waals surface area contributed by atoms with E-state index in [4.69, 9.17) is 9.47 Å². The summed E-state index contributed by atoms with van der Waals surface area (Å²) in [6.45, 7) is 3.83. The Kier molecular flexibility index (Phi) is 6.60. The molecule has 1 saturated heterocycles. The van der Waals surface area contributed by atoms with Crippen molar-refractivity contribution in [3.63, 3.8) is 0 Å². The molecule has 1 aliphatic rings. The number of hydrogen-bond acceptors (Lipinski definition) is 3. The molecule has 1 aliphatic heterocycles. The average Bonchev–Trinajstić information content (AvgIpc) is 2.30. The lowest BCUT2D eigenvalue weighted by molar-refractivity contribution is -0.145. The fourth-order valence-corrected chi connectivity index (χ4v) is 1.74. The van der Waals surface area contributed by atoms with Gasteiger partial charge in [0, 0.05) is 6.42 Å². The predicted octanol–water partition coefficient (Wildman–Crippen LogP) is 2.33. The smallest absolute Gasteiger partial charge is 0.163 e. The molecule has 15 heavy (non-hydrogen) atoms. The van der Waals surface area contributed by atoms with E-state index in [2.05, 4.69) is 6.92 Å². The normalized spacial score (nSPS) is 21.5. The molecule has 1 rings (SSSR count). The SMILES string of the molecule is CCCCCCCC(=O)C1COCCO1. The Bertz CT molecular complexity index is 174. The van der Waals surface area contributed by atoms with Gasteiger partial charge in [-0.15, -0.1) is 0 Å². The number of unbranched alkanes of at least 4 members (excludes halogenated alkanes) is 4. The summed E-state index contributed by atoms with van der Waals surface area (Å²) in [4.78, 5) is 11.6. The maximum atomic E-state index is 11.6. The fourth-order valence-electron chi connectivity index (χ4n) is 1.74. The van der Waals surface area contributed by atoms with Crippen molar-refractivity contribution in [1.29, 1.82) is 0 Å². The quantitative estimate of drug-likeness (QED) is 0.610. The minimum atomic E-state index is -0.287. The lowest BCUT2D eigenvalue weighted by Gasteiger charge is -2.21. The molecule has 1 unspecified atom stereocenters. The van der Waals surface area contributed by atoms with Crippen LogP contribution in [0.5, 0.6) is 0 Å². The highest BCUT2D eigenvalue weighted by Gasteiger charge is 2.21. The molecule has 0 radical (unpaired) electrons. The highest BCUT2D eigenvalue weighted by Crippen LogP contribution is 2.09. The van der Waals surface area contributed by atoms with E-state index < -0.39 is 0 Å². The van der Waals surface area contributed by atoms with Gasteiger partial charge in [-0.3, -0.25) is 4.79 Å². The number of rotatable bonds is 7. The molecule has 0 aromatic heterocycles. The zero-order chi connectivity index (χ0) is 10.9. The summed E-state index contributed by atoms with van der Waals surface area (Å²) < 4.78 is 10.5. The van der Waals surface area contributed by atoms with E-state index in [1.165, 1.54) is 19.3 Å². The minimum absolute atomic E-state index is 0.214. The average molecular weight is 214 g/mol. The van der Waals surface area contributed by atoms with E-state index in [-0.39, 0.29) is 11.9 Å². The topological polar surface area (TPSA) is 35.5 Å². The fraction of sp³-hybridized carbons (Fsp3) is 0.917. The predicted molar refractivity (Wildman–Crippen MR) is 58.9 cm³/mol. The molecule has 1 atom stereocenters. The first-order chi connectivity index (χ1) is 7.34. The molecule has 88 valence electrons. The van der Waals surface area contributed by atoms with Gasteiger partial charge in [0.25, 0.3) is 0 Å². The van der Waals surface area contributed by atoms with Gasteiger partial charge in [-0.05, 0) is 6.42 Å². The largest absolute Gasteiger partial charge is 0.376 e. The van der Waals surface area contributed by atoms with Crippen LogP contribution in [0, 0.1) is 0 Å². The maximum Gasteiger partial charge on any atom is 0.163 e. The summed E-state index contributed by atoms with van der Waals surface area (Å²) in [6, 6.07) is 0. The first-order valence-electron chi connectivity index (χ1n) is 6.06. The summed E-state index contributed by atoms with van der Waals surface area (Å²) in [6.07, 6.45) is 6.28. The van der Waals surface area contributed by atoms with Crippen molar-refractivity contribution >= 4 is 5.78 Å². The van der Waals surface area contributed by atoms with E-state index in [9.17, 15) is 4.79 Å². The summed E-state index contributed by atoms with van der Waals surface area (Å²) in [5.74, 6) is 0.214. The van der Waals surface area contributed by atoms with Crippen LogP contribution < -0.4 is 0 Å². The molecule has 0 aliphatic carbocycles. The van der Waals surface area contributed by atoms with Gasteiger partial charge in [-0.2, -0.15) is 0 Å². The van der Waals surface area contributed by atoms with E-state index >= 15 is 0 Å². The van der Waals surface area contributed by atoms with Crippen LogP contribution in [0.4, 0.5) is 0 Å². The van der Waals surface area contributed by atoms with Crippen LogP contribution >= 0.6 is 0 Å². The Morgan fingerprint density at radius 3 is 2.67 bits per heavy atom. The van der Waals surface area contributed by atoms with Gasteiger partial charge in [0.05, 0.1) is 19.8 Å². The van der Waals surface area contributed by atoms with Gasteiger partial charge >= 0.3 is 0 Å². The Morgan fingerprint density at radius 1 is 1.20 bits per heavy atom. The summed E-state index contributed by atoms with van der Waals surface area (Å²) in [5.41, 5.74) is 0. The van der Waals surface area contributed by atoms with Crippen molar-refractivity contribution in [3.8, 4) is 0 Å². The molecule has 0 N–H and O–H groups in total. The summed E-state index contributed by atoms with van der Waals surface area (Å²) >= 11 is 0. The molecule has 1 heterocycles. The highest BCUT2D eigenvalue weighted by molar-refractivity contribution is 5.83. The number of ketones is 1. The monoisotopic (exact) mass is 214 g/mol. The van der Waals surface area contributed by atoms with Crippen LogP contribution in [0.2, 0.25) is 0 Å².